The second-order valence-electron chi connectivity index (χ2n) is 2.90. The molecule has 3 nitrogen and oxygen atoms in total. The van der Waals surface area contributed by atoms with Gasteiger partial charge in [-0.05, 0) is 28.4 Å². The maximum absolute atomic E-state index is 13.2. The number of nitrogens with zero attached hydrogens (tertiary/aromatic N) is 1. The van der Waals surface area contributed by atoms with Crippen molar-refractivity contribution in [1.82, 2.24) is 4.98 Å². The molecule has 1 aromatic heterocycles. The van der Waals surface area contributed by atoms with Gasteiger partial charge in [-0.3, -0.25) is 0 Å². The van der Waals surface area contributed by atoms with Crippen LogP contribution in [0.25, 0.3) is 0 Å². The Morgan fingerprint density at radius 1 is 1.40 bits per heavy atom. The van der Waals surface area contributed by atoms with E-state index in [1.54, 1.807) is 0 Å². The first-order chi connectivity index (χ1) is 7.24. The van der Waals surface area contributed by atoms with Crippen LogP contribution in [0.1, 0.15) is 13.3 Å². The van der Waals surface area contributed by atoms with E-state index in [0.717, 1.165) is 6.42 Å². The summed E-state index contributed by atoms with van der Waals surface area (Å²) in [5.41, 5.74) is 0. The van der Waals surface area contributed by atoms with Crippen LogP contribution in [-0.2, 0) is 4.74 Å². The molecule has 1 aromatic rings. The summed E-state index contributed by atoms with van der Waals surface area (Å²) in [5, 5.41) is 0. The zero-order valence-electron chi connectivity index (χ0n) is 8.50. The van der Waals surface area contributed by atoms with E-state index in [4.69, 9.17) is 9.47 Å². The molecule has 5 heteroatoms. The molecule has 0 atom stereocenters. The number of rotatable bonds is 6. The first kappa shape index (κ1) is 12.4. The third-order valence-corrected chi connectivity index (χ3v) is 2.02. The highest BCUT2D eigenvalue weighted by molar-refractivity contribution is 9.10. The zero-order chi connectivity index (χ0) is 11.1. The van der Waals surface area contributed by atoms with Crippen molar-refractivity contribution in [2.24, 2.45) is 0 Å². The predicted molar refractivity (Wildman–Crippen MR) is 58.5 cm³/mol. The number of hydrogen-bond donors (Lipinski definition) is 0. The number of aromatic nitrogens is 1. The fraction of sp³-hybridized carbons (Fsp3) is 0.500. The highest BCUT2D eigenvalue weighted by Gasteiger charge is 2.04. The van der Waals surface area contributed by atoms with Crippen LogP contribution in [0.5, 0.6) is 5.88 Å². The molecule has 0 aromatic carbocycles. The lowest BCUT2D eigenvalue weighted by molar-refractivity contribution is 0.0973. The van der Waals surface area contributed by atoms with Crippen LogP contribution >= 0.6 is 15.9 Å². The van der Waals surface area contributed by atoms with Crippen LogP contribution < -0.4 is 4.74 Å². The predicted octanol–water partition coefficient (Wildman–Crippen LogP) is 2.79. The van der Waals surface area contributed by atoms with Crippen molar-refractivity contribution in [3.63, 3.8) is 0 Å². The largest absolute Gasteiger partial charge is 0.473 e. The normalized spacial score (nSPS) is 10.3. The lowest BCUT2D eigenvalue weighted by Crippen LogP contribution is -2.08. The minimum Gasteiger partial charge on any atom is -0.473 e. The first-order valence-corrected chi connectivity index (χ1v) is 5.55. The van der Waals surface area contributed by atoms with Gasteiger partial charge < -0.3 is 9.47 Å². The maximum atomic E-state index is 13.2. The van der Waals surface area contributed by atoms with Gasteiger partial charge >= 0.3 is 0 Å². The van der Waals surface area contributed by atoms with Crippen LogP contribution in [0.15, 0.2) is 16.7 Å². The molecule has 1 rings (SSSR count). The number of halogens is 2. The molecule has 0 radical (unpaired) electrons. The van der Waals surface area contributed by atoms with Gasteiger partial charge in [0.2, 0.25) is 0 Å². The van der Waals surface area contributed by atoms with Crippen molar-refractivity contribution >= 4 is 15.9 Å². The second kappa shape index (κ2) is 6.74. The monoisotopic (exact) mass is 277 g/mol. The summed E-state index contributed by atoms with van der Waals surface area (Å²) in [4.78, 5) is 3.80. The summed E-state index contributed by atoms with van der Waals surface area (Å²) < 4.78 is 24.0. The summed E-state index contributed by atoms with van der Waals surface area (Å²) in [6.45, 7) is 3.48. The van der Waals surface area contributed by atoms with Crippen LogP contribution in [-0.4, -0.2) is 24.8 Å². The molecule has 0 aliphatic heterocycles. The molecule has 0 aliphatic rings. The molecule has 15 heavy (non-hydrogen) atoms. The van der Waals surface area contributed by atoms with Gasteiger partial charge in [0.1, 0.15) is 6.61 Å². The van der Waals surface area contributed by atoms with Crippen molar-refractivity contribution < 1.29 is 13.9 Å². The first-order valence-electron chi connectivity index (χ1n) is 4.75. The molecule has 0 unspecified atom stereocenters. The molecule has 1 heterocycles. The van der Waals surface area contributed by atoms with E-state index in [1.165, 1.54) is 12.3 Å². The van der Waals surface area contributed by atoms with E-state index in [1.807, 2.05) is 6.92 Å². The quantitative estimate of drug-likeness (QED) is 0.750. The number of hydrogen-bond acceptors (Lipinski definition) is 3. The van der Waals surface area contributed by atoms with Crippen molar-refractivity contribution in [2.75, 3.05) is 19.8 Å². The average Bonchev–Trinajstić information content (AvgIpc) is 2.20. The summed E-state index contributed by atoms with van der Waals surface area (Å²) >= 11 is 3.12. The third-order valence-electron chi connectivity index (χ3n) is 1.59. The molecule has 0 fully saturated rings. The van der Waals surface area contributed by atoms with Crippen LogP contribution in [0.3, 0.4) is 0 Å². The van der Waals surface area contributed by atoms with E-state index < -0.39 is 5.82 Å². The smallest absolute Gasteiger partial charge is 0.250 e. The molecule has 0 amide bonds. The highest BCUT2D eigenvalue weighted by atomic mass is 79.9. The molecule has 84 valence electrons. The minimum atomic E-state index is -0.472. The summed E-state index contributed by atoms with van der Waals surface area (Å²) in [5.74, 6) is -0.460. The van der Waals surface area contributed by atoms with Crippen molar-refractivity contribution in [1.29, 1.82) is 0 Å². The van der Waals surface area contributed by atoms with E-state index in [2.05, 4.69) is 20.9 Å². The van der Waals surface area contributed by atoms with Gasteiger partial charge in [-0.2, -0.15) is 0 Å². The van der Waals surface area contributed by atoms with E-state index in [-0.39, 0.29) is 5.88 Å². The zero-order valence-corrected chi connectivity index (χ0v) is 10.1. The summed E-state index contributed by atoms with van der Waals surface area (Å²) in [6, 6.07) is 1.31. The van der Waals surface area contributed by atoms with Gasteiger partial charge in [0, 0.05) is 17.3 Å². The van der Waals surface area contributed by atoms with Crippen LogP contribution in [0, 0.1) is 5.82 Å². The molecule has 0 saturated carbocycles. The van der Waals surface area contributed by atoms with Gasteiger partial charge in [0.15, 0.2) is 5.82 Å². The van der Waals surface area contributed by atoms with Crippen molar-refractivity contribution in [3.05, 3.63) is 22.6 Å². The van der Waals surface area contributed by atoms with E-state index in [9.17, 15) is 4.39 Å². The lowest BCUT2D eigenvalue weighted by atomic mass is 10.5. The highest BCUT2D eigenvalue weighted by Crippen LogP contribution is 2.17. The van der Waals surface area contributed by atoms with Crippen molar-refractivity contribution in [2.45, 2.75) is 13.3 Å². The van der Waals surface area contributed by atoms with Gasteiger partial charge in [-0.15, -0.1) is 0 Å². The van der Waals surface area contributed by atoms with E-state index in [0.29, 0.717) is 24.3 Å². The molecule has 0 saturated heterocycles. The van der Waals surface area contributed by atoms with Crippen molar-refractivity contribution in [3.8, 4) is 5.88 Å². The Labute approximate surface area is 96.7 Å². The van der Waals surface area contributed by atoms with Gasteiger partial charge in [0.05, 0.1) is 6.61 Å². The topological polar surface area (TPSA) is 31.4 Å². The average molecular weight is 278 g/mol. The Kier molecular flexibility index (Phi) is 5.57. The second-order valence-corrected chi connectivity index (χ2v) is 3.82. The molecule has 0 N–H and O–H groups in total. The van der Waals surface area contributed by atoms with Gasteiger partial charge in [-0.1, -0.05) is 6.92 Å². The Morgan fingerprint density at radius 2 is 2.20 bits per heavy atom. The van der Waals surface area contributed by atoms with Crippen LogP contribution in [0.2, 0.25) is 0 Å². The Morgan fingerprint density at radius 3 is 2.87 bits per heavy atom. The third kappa shape index (κ3) is 4.57. The molecular weight excluding hydrogens is 265 g/mol. The Balaban J connectivity index is 2.31. The van der Waals surface area contributed by atoms with Gasteiger partial charge in [0.25, 0.3) is 5.88 Å². The van der Waals surface area contributed by atoms with Gasteiger partial charge in [-0.25, -0.2) is 9.37 Å². The summed E-state index contributed by atoms with van der Waals surface area (Å²) in [7, 11) is 0. The Bertz CT molecular complexity index is 309. The fourth-order valence-electron chi connectivity index (χ4n) is 0.952. The van der Waals surface area contributed by atoms with E-state index >= 15 is 0 Å². The molecular formula is C10H13BrFNO2. The lowest BCUT2D eigenvalue weighted by Gasteiger charge is -2.06. The standard InChI is InChI=1S/C10H13BrFNO2/c1-2-3-14-4-5-15-10-9(12)6-8(11)7-13-10/h6-7H,2-5H2,1H3. The molecule has 0 spiro atoms. The Hall–Kier alpha value is -0.680. The number of pyridine rings is 1. The summed E-state index contributed by atoms with van der Waals surface area (Å²) in [6.07, 6.45) is 2.45. The van der Waals surface area contributed by atoms with Crippen LogP contribution in [0.4, 0.5) is 4.39 Å². The fourth-order valence-corrected chi connectivity index (χ4v) is 1.26. The molecule has 0 aliphatic carbocycles. The maximum Gasteiger partial charge on any atom is 0.250 e. The molecule has 0 bridgehead atoms. The minimum absolute atomic E-state index is 0.0123. The number of ether oxygens (including phenoxy) is 2. The SMILES string of the molecule is CCCOCCOc1ncc(Br)cc1F.